The van der Waals surface area contributed by atoms with Crippen molar-refractivity contribution in [1.29, 1.82) is 0 Å². The fourth-order valence-electron chi connectivity index (χ4n) is 3.12. The average molecular weight is 326 g/mol. The SMILES string of the molecule is CC(C)(C)C(C(=O)C(c1cnccn1)C(C)(C)C)c1cnccn1. The van der Waals surface area contributed by atoms with Gasteiger partial charge in [-0.2, -0.15) is 0 Å². The Morgan fingerprint density at radius 2 is 1.12 bits per heavy atom. The molecule has 0 bridgehead atoms. The van der Waals surface area contributed by atoms with Gasteiger partial charge in [0.15, 0.2) is 5.78 Å². The molecule has 128 valence electrons. The van der Waals surface area contributed by atoms with Crippen molar-refractivity contribution in [3.05, 3.63) is 48.6 Å². The number of carbonyl (C=O) groups excluding carboxylic acids is 1. The zero-order valence-electron chi connectivity index (χ0n) is 15.3. The van der Waals surface area contributed by atoms with Gasteiger partial charge in [-0.05, 0) is 10.8 Å². The molecule has 0 amide bonds. The third-order valence-electron chi connectivity index (χ3n) is 4.06. The maximum atomic E-state index is 13.6. The Morgan fingerprint density at radius 1 is 0.750 bits per heavy atom. The van der Waals surface area contributed by atoms with E-state index >= 15 is 0 Å². The molecule has 2 rings (SSSR count). The summed E-state index contributed by atoms with van der Waals surface area (Å²) < 4.78 is 0. The van der Waals surface area contributed by atoms with Gasteiger partial charge in [-0.25, -0.2) is 0 Å². The van der Waals surface area contributed by atoms with Crippen LogP contribution < -0.4 is 0 Å². The van der Waals surface area contributed by atoms with Crippen molar-refractivity contribution in [3.8, 4) is 0 Å². The molecule has 0 aliphatic rings. The summed E-state index contributed by atoms with van der Waals surface area (Å²) in [5.74, 6) is -0.620. The summed E-state index contributed by atoms with van der Waals surface area (Å²) in [5, 5.41) is 0. The largest absolute Gasteiger partial charge is 0.298 e. The van der Waals surface area contributed by atoms with Gasteiger partial charge >= 0.3 is 0 Å². The van der Waals surface area contributed by atoms with Crippen LogP contribution in [-0.4, -0.2) is 25.7 Å². The maximum absolute atomic E-state index is 13.6. The molecule has 5 nitrogen and oxygen atoms in total. The summed E-state index contributed by atoms with van der Waals surface area (Å²) in [4.78, 5) is 30.7. The predicted octanol–water partition coefficient (Wildman–Crippen LogP) is 3.80. The van der Waals surface area contributed by atoms with E-state index in [1.54, 1.807) is 37.2 Å². The molecule has 2 heterocycles. The van der Waals surface area contributed by atoms with Crippen LogP contribution in [0, 0.1) is 10.8 Å². The van der Waals surface area contributed by atoms with Crippen molar-refractivity contribution >= 4 is 5.78 Å². The molecule has 0 radical (unpaired) electrons. The van der Waals surface area contributed by atoms with Crippen LogP contribution in [0.5, 0.6) is 0 Å². The molecule has 24 heavy (non-hydrogen) atoms. The minimum atomic E-state index is -0.363. The van der Waals surface area contributed by atoms with Crippen LogP contribution in [0.25, 0.3) is 0 Å². The molecule has 2 unspecified atom stereocenters. The molecule has 0 saturated carbocycles. The lowest BCUT2D eigenvalue weighted by Crippen LogP contribution is -2.36. The van der Waals surface area contributed by atoms with Gasteiger partial charge in [0.2, 0.25) is 0 Å². The van der Waals surface area contributed by atoms with Crippen LogP contribution in [0.1, 0.15) is 64.8 Å². The van der Waals surface area contributed by atoms with E-state index in [1.165, 1.54) is 0 Å². The van der Waals surface area contributed by atoms with Crippen LogP contribution in [0.3, 0.4) is 0 Å². The highest BCUT2D eigenvalue weighted by Crippen LogP contribution is 2.44. The molecule has 0 aliphatic carbocycles. The van der Waals surface area contributed by atoms with E-state index in [4.69, 9.17) is 0 Å². The highest BCUT2D eigenvalue weighted by atomic mass is 16.1. The van der Waals surface area contributed by atoms with Gasteiger partial charge in [-0.1, -0.05) is 41.5 Å². The molecule has 0 fully saturated rings. The Kier molecular flexibility index (Phi) is 5.11. The van der Waals surface area contributed by atoms with E-state index in [2.05, 4.69) is 61.5 Å². The molecule has 2 aromatic heterocycles. The Bertz CT molecular complexity index is 613. The van der Waals surface area contributed by atoms with Crippen molar-refractivity contribution in [2.24, 2.45) is 10.8 Å². The molecule has 2 atom stereocenters. The van der Waals surface area contributed by atoms with E-state index in [-0.39, 0.29) is 28.4 Å². The summed E-state index contributed by atoms with van der Waals surface area (Å²) in [6.45, 7) is 12.3. The topological polar surface area (TPSA) is 68.6 Å². The number of rotatable bonds is 4. The highest BCUT2D eigenvalue weighted by Gasteiger charge is 2.43. The molecule has 0 aliphatic heterocycles. The first-order valence-electron chi connectivity index (χ1n) is 8.18. The van der Waals surface area contributed by atoms with Crippen LogP contribution in [0.2, 0.25) is 0 Å². The van der Waals surface area contributed by atoms with Crippen molar-refractivity contribution in [2.75, 3.05) is 0 Å². The fourth-order valence-corrected chi connectivity index (χ4v) is 3.12. The van der Waals surface area contributed by atoms with Gasteiger partial charge in [-0.15, -0.1) is 0 Å². The molecule has 0 N–H and O–H groups in total. The number of ketones is 1. The Morgan fingerprint density at radius 3 is 1.38 bits per heavy atom. The first-order chi connectivity index (χ1) is 11.1. The monoisotopic (exact) mass is 326 g/mol. The number of hydrogen-bond donors (Lipinski definition) is 0. The number of Topliss-reactive ketones (excluding diaryl/α,β-unsaturated/α-hetero) is 1. The number of nitrogens with zero attached hydrogens (tertiary/aromatic N) is 4. The van der Waals surface area contributed by atoms with E-state index in [9.17, 15) is 4.79 Å². The molecular weight excluding hydrogens is 300 g/mol. The molecule has 2 aromatic rings. The van der Waals surface area contributed by atoms with Crippen molar-refractivity contribution < 1.29 is 4.79 Å². The van der Waals surface area contributed by atoms with Crippen LogP contribution in [0.15, 0.2) is 37.2 Å². The van der Waals surface area contributed by atoms with Crippen molar-refractivity contribution in [3.63, 3.8) is 0 Å². The number of aromatic nitrogens is 4. The second-order valence-corrected chi connectivity index (χ2v) is 8.26. The van der Waals surface area contributed by atoms with Crippen molar-refractivity contribution in [1.82, 2.24) is 19.9 Å². The first kappa shape index (κ1) is 18.2. The van der Waals surface area contributed by atoms with E-state index in [0.717, 1.165) is 0 Å². The number of carbonyl (C=O) groups is 1. The van der Waals surface area contributed by atoms with E-state index < -0.39 is 0 Å². The quantitative estimate of drug-likeness (QED) is 0.855. The van der Waals surface area contributed by atoms with Crippen LogP contribution in [-0.2, 0) is 4.79 Å². The van der Waals surface area contributed by atoms with Gasteiger partial charge in [0.05, 0.1) is 23.2 Å². The summed E-state index contributed by atoms with van der Waals surface area (Å²) >= 11 is 0. The summed E-state index contributed by atoms with van der Waals surface area (Å²) in [6.07, 6.45) is 9.88. The van der Waals surface area contributed by atoms with Gasteiger partial charge in [0.25, 0.3) is 0 Å². The summed E-state index contributed by atoms with van der Waals surface area (Å²) in [5.41, 5.74) is 0.846. The molecule has 0 saturated heterocycles. The molecular formula is C19H26N4O. The highest BCUT2D eigenvalue weighted by molar-refractivity contribution is 5.92. The van der Waals surface area contributed by atoms with Crippen LogP contribution >= 0.6 is 0 Å². The van der Waals surface area contributed by atoms with Crippen molar-refractivity contribution in [2.45, 2.75) is 53.4 Å². The zero-order valence-corrected chi connectivity index (χ0v) is 15.3. The molecule has 0 spiro atoms. The molecule has 5 heteroatoms. The standard InChI is InChI=1S/C19H26N4O/c1-18(2,3)15(13-11-20-7-9-22-13)17(24)16(19(4,5)6)14-12-21-8-10-23-14/h7-12,15-16H,1-6H3. The van der Waals surface area contributed by atoms with Gasteiger partial charge in [0.1, 0.15) is 0 Å². The maximum Gasteiger partial charge on any atom is 0.152 e. The minimum Gasteiger partial charge on any atom is -0.298 e. The average Bonchev–Trinajstić information content (AvgIpc) is 2.46. The summed E-state index contributed by atoms with van der Waals surface area (Å²) in [7, 11) is 0. The van der Waals surface area contributed by atoms with E-state index in [1.807, 2.05) is 0 Å². The van der Waals surface area contributed by atoms with Gasteiger partial charge in [0, 0.05) is 37.2 Å². The summed E-state index contributed by atoms with van der Waals surface area (Å²) in [6, 6.07) is 0. The normalized spacial score (nSPS) is 14.9. The Hall–Kier alpha value is -2.17. The lowest BCUT2D eigenvalue weighted by Gasteiger charge is -2.36. The Balaban J connectivity index is 2.54. The van der Waals surface area contributed by atoms with Gasteiger partial charge < -0.3 is 0 Å². The van der Waals surface area contributed by atoms with Crippen LogP contribution in [0.4, 0.5) is 0 Å². The molecule has 0 aromatic carbocycles. The smallest absolute Gasteiger partial charge is 0.152 e. The van der Waals surface area contributed by atoms with Gasteiger partial charge in [-0.3, -0.25) is 24.7 Å². The third-order valence-corrected chi connectivity index (χ3v) is 4.06. The fraction of sp³-hybridized carbons (Fsp3) is 0.526. The Labute approximate surface area is 144 Å². The predicted molar refractivity (Wildman–Crippen MR) is 93.5 cm³/mol. The first-order valence-corrected chi connectivity index (χ1v) is 8.18. The lowest BCUT2D eigenvalue weighted by molar-refractivity contribution is -0.126. The number of hydrogen-bond acceptors (Lipinski definition) is 5. The zero-order chi connectivity index (χ0) is 18.0. The van der Waals surface area contributed by atoms with E-state index in [0.29, 0.717) is 11.4 Å². The second-order valence-electron chi connectivity index (χ2n) is 8.26. The lowest BCUT2D eigenvalue weighted by atomic mass is 9.66. The third kappa shape index (κ3) is 4.02. The second kappa shape index (κ2) is 6.75. The minimum absolute atomic E-state index is 0.107.